The Kier molecular flexibility index (Phi) is 7.94. The van der Waals surface area contributed by atoms with Gasteiger partial charge in [0.1, 0.15) is 22.8 Å². The van der Waals surface area contributed by atoms with Gasteiger partial charge in [0, 0.05) is 11.3 Å². The van der Waals surface area contributed by atoms with Crippen LogP contribution in [0.25, 0.3) is 0 Å². The summed E-state index contributed by atoms with van der Waals surface area (Å²) >= 11 is 7.01. The van der Waals surface area contributed by atoms with E-state index in [9.17, 15) is 23.4 Å². The molecule has 1 saturated heterocycles. The standard InChI is InChI=1S/C17H13B2ClN4O8S2/c1-6(16(27)30-18)32-23-10(9-4-33-7(2)21-9)13(25)22-11-14(26)24-12(17(28)31-19)8(3-20)5-34(29)15(11)24/h4,11,15H,1,3,5H2,2H3,(H,22,25)/b23-10-/t11-,15-,34?/m1/s1. The maximum atomic E-state index is 13.0. The molecule has 2 aliphatic rings. The normalized spacial score (nSPS) is 21.8. The average molecular weight is 523 g/mol. The molecule has 0 aromatic carbocycles. The Morgan fingerprint density at radius 1 is 1.41 bits per heavy atom. The molecule has 4 radical (unpaired) electrons. The Bertz CT molecular complexity index is 1170. The van der Waals surface area contributed by atoms with Crippen molar-refractivity contribution in [2.24, 2.45) is 5.16 Å². The molecular weight excluding hydrogens is 509 g/mol. The van der Waals surface area contributed by atoms with Crippen molar-refractivity contribution >= 4 is 79.3 Å². The summed E-state index contributed by atoms with van der Waals surface area (Å²) in [6, 6.07) is -1.28. The van der Waals surface area contributed by atoms with Crippen molar-refractivity contribution < 1.29 is 37.5 Å². The van der Waals surface area contributed by atoms with Gasteiger partial charge in [-0.2, -0.15) is 0 Å². The second kappa shape index (κ2) is 10.5. The largest absolute Gasteiger partial charge is 0.539 e. The summed E-state index contributed by atoms with van der Waals surface area (Å²) < 4.78 is 20.9. The summed E-state index contributed by atoms with van der Waals surface area (Å²) in [5, 5.41) is 6.98. The van der Waals surface area contributed by atoms with Crippen LogP contribution < -0.4 is 5.32 Å². The van der Waals surface area contributed by atoms with Crippen molar-refractivity contribution in [3.63, 3.8) is 0 Å². The minimum absolute atomic E-state index is 0.0685. The van der Waals surface area contributed by atoms with Crippen LogP contribution in [0.4, 0.5) is 0 Å². The number of carbonyl (C=O) groups excluding carboxylic acids is 4. The molecule has 2 amide bonds. The van der Waals surface area contributed by atoms with E-state index in [0.29, 0.717) is 5.01 Å². The van der Waals surface area contributed by atoms with Gasteiger partial charge >= 0.3 is 28.0 Å². The van der Waals surface area contributed by atoms with Crippen molar-refractivity contribution in [1.29, 1.82) is 0 Å². The molecule has 12 nitrogen and oxygen atoms in total. The van der Waals surface area contributed by atoms with Crippen LogP contribution in [0.2, 0.25) is 0 Å². The molecule has 1 N–H and O–H groups in total. The average Bonchev–Trinajstić information content (AvgIpc) is 3.26. The van der Waals surface area contributed by atoms with Crippen LogP contribution in [0.3, 0.4) is 0 Å². The molecule has 2 aliphatic heterocycles. The molecule has 17 heteroatoms. The van der Waals surface area contributed by atoms with Gasteiger partial charge in [0.2, 0.25) is 5.76 Å². The number of rotatable bonds is 8. The van der Waals surface area contributed by atoms with Gasteiger partial charge in [0.05, 0.1) is 21.6 Å². The summed E-state index contributed by atoms with van der Waals surface area (Å²) in [7, 11) is 7.98. The zero-order valence-electron chi connectivity index (χ0n) is 17.3. The molecule has 1 fully saturated rings. The van der Waals surface area contributed by atoms with E-state index >= 15 is 0 Å². The molecule has 3 heterocycles. The van der Waals surface area contributed by atoms with Crippen LogP contribution in [0, 0.1) is 6.92 Å². The fraction of sp³-hybridized carbons (Fsp3) is 0.294. The zero-order chi connectivity index (χ0) is 25.2. The fourth-order valence-electron chi connectivity index (χ4n) is 3.09. The molecule has 1 aromatic heterocycles. The highest BCUT2D eigenvalue weighted by Gasteiger charge is 2.57. The monoisotopic (exact) mass is 522 g/mol. The first-order chi connectivity index (χ1) is 16.1. The minimum Gasteiger partial charge on any atom is -0.539 e. The number of thiazole rings is 1. The highest BCUT2D eigenvalue weighted by molar-refractivity contribution is 7.86. The lowest BCUT2D eigenvalue weighted by atomic mass is 10.0. The number of nitrogens with zero attached hydrogens (tertiary/aromatic N) is 3. The van der Waals surface area contributed by atoms with E-state index in [2.05, 4.69) is 31.3 Å². The van der Waals surface area contributed by atoms with Crippen LogP contribution in [0.1, 0.15) is 10.7 Å². The lowest BCUT2D eigenvalue weighted by Gasteiger charge is -2.49. The maximum absolute atomic E-state index is 13.0. The van der Waals surface area contributed by atoms with Gasteiger partial charge in [-0.15, -0.1) is 22.9 Å². The minimum atomic E-state index is -1.71. The summed E-state index contributed by atoms with van der Waals surface area (Å²) in [5.74, 6) is -4.80. The van der Waals surface area contributed by atoms with Crippen LogP contribution in [-0.4, -0.2) is 82.7 Å². The molecule has 1 aromatic rings. The molecule has 34 heavy (non-hydrogen) atoms. The summed E-state index contributed by atoms with van der Waals surface area (Å²) in [6.45, 7) is 4.94. The smallest absolute Gasteiger partial charge is 0.379 e. The third kappa shape index (κ3) is 4.79. The second-order valence-corrected chi connectivity index (χ2v) is 9.54. The van der Waals surface area contributed by atoms with Gasteiger partial charge < -0.3 is 19.5 Å². The number of hydrogen-bond acceptors (Lipinski definition) is 11. The Morgan fingerprint density at radius 3 is 2.68 bits per heavy atom. The lowest BCUT2D eigenvalue weighted by Crippen LogP contribution is -2.74. The molecule has 1 unspecified atom stereocenters. The number of aromatic nitrogens is 1. The Morgan fingerprint density at radius 2 is 2.12 bits per heavy atom. The highest BCUT2D eigenvalue weighted by atomic mass is 35.5. The van der Waals surface area contributed by atoms with E-state index in [1.165, 1.54) is 16.7 Å². The molecule has 0 spiro atoms. The molecule has 0 aliphatic carbocycles. The third-order valence-corrected chi connectivity index (χ3v) is 7.36. The number of halogens is 1. The number of fused-ring (bicyclic) bond motifs is 1. The number of aryl methyl sites for hydroxylation is 1. The predicted molar refractivity (Wildman–Crippen MR) is 121 cm³/mol. The number of nitrogens with one attached hydrogen (secondary N) is 1. The van der Waals surface area contributed by atoms with Gasteiger partial charge in [-0.3, -0.25) is 18.7 Å². The van der Waals surface area contributed by atoms with Gasteiger partial charge in [0.25, 0.3) is 11.8 Å². The van der Waals surface area contributed by atoms with Crippen molar-refractivity contribution in [3.05, 3.63) is 39.7 Å². The van der Waals surface area contributed by atoms with E-state index in [1.807, 2.05) is 0 Å². The van der Waals surface area contributed by atoms with Crippen LogP contribution in [-0.2, 0) is 44.1 Å². The van der Waals surface area contributed by atoms with E-state index in [-0.39, 0.29) is 28.6 Å². The lowest BCUT2D eigenvalue weighted by molar-refractivity contribution is -0.149. The SMILES string of the molecule is [B]OC(=O)C(=C)O/N=C(\C(=O)N[C@@H]1C(=O)N2C(C(=O)O[B])=C(CCl)CS(=O)[C@H]12)c1csc(C)n1. The van der Waals surface area contributed by atoms with Gasteiger partial charge in [-0.05, 0) is 19.1 Å². The van der Waals surface area contributed by atoms with Crippen molar-refractivity contribution in [1.82, 2.24) is 15.2 Å². The summed E-state index contributed by atoms with van der Waals surface area (Å²) in [6.07, 6.45) is 0. The van der Waals surface area contributed by atoms with E-state index in [1.54, 1.807) is 6.92 Å². The summed E-state index contributed by atoms with van der Waals surface area (Å²) in [5.41, 5.74) is -0.356. The molecule has 3 atom stereocenters. The van der Waals surface area contributed by atoms with E-state index in [4.69, 9.17) is 32.5 Å². The van der Waals surface area contributed by atoms with Crippen LogP contribution in [0.15, 0.2) is 34.1 Å². The maximum Gasteiger partial charge on any atom is 0.379 e. The number of oxime groups is 1. The predicted octanol–water partition coefficient (Wildman–Crippen LogP) is -1.15. The van der Waals surface area contributed by atoms with Crippen LogP contribution >= 0.6 is 22.9 Å². The number of alkyl halides is 1. The van der Waals surface area contributed by atoms with Gasteiger partial charge in [0.15, 0.2) is 5.71 Å². The first-order valence-electron chi connectivity index (χ1n) is 9.12. The van der Waals surface area contributed by atoms with Crippen molar-refractivity contribution in [3.8, 4) is 0 Å². The van der Waals surface area contributed by atoms with E-state index < -0.39 is 57.4 Å². The first kappa shape index (κ1) is 25.6. The number of hydrogen-bond donors (Lipinski definition) is 1. The fourth-order valence-corrected chi connectivity index (χ4v) is 5.71. The number of β-lactam (4-membered cyclic amide) rings is 1. The first-order valence-corrected chi connectivity index (χ1v) is 11.9. The Balaban J connectivity index is 1.86. The molecule has 174 valence electrons. The highest BCUT2D eigenvalue weighted by Crippen LogP contribution is 2.35. The second-order valence-electron chi connectivity index (χ2n) is 6.68. The topological polar surface area (TPSA) is 154 Å². The van der Waals surface area contributed by atoms with Crippen LogP contribution in [0.5, 0.6) is 0 Å². The van der Waals surface area contributed by atoms with Crippen molar-refractivity contribution in [2.75, 3.05) is 11.6 Å². The molecule has 0 saturated carbocycles. The third-order valence-electron chi connectivity index (χ3n) is 4.61. The molecule has 3 rings (SSSR count). The quantitative estimate of drug-likeness (QED) is 0.0848. The Hall–Kier alpha value is -2.97. The van der Waals surface area contributed by atoms with Gasteiger partial charge in [-0.1, -0.05) is 5.16 Å². The Labute approximate surface area is 206 Å². The molecular formula is C17H13B2ClN4O8S2. The van der Waals surface area contributed by atoms with Crippen molar-refractivity contribution in [2.45, 2.75) is 18.3 Å². The summed E-state index contributed by atoms with van der Waals surface area (Å²) in [4.78, 5) is 59.1. The van der Waals surface area contributed by atoms with E-state index in [0.717, 1.165) is 4.90 Å². The number of carbonyl (C=O) groups is 4. The van der Waals surface area contributed by atoms with Gasteiger partial charge in [-0.25, -0.2) is 14.6 Å². The zero-order valence-corrected chi connectivity index (χ0v) is 19.7. The molecule has 0 bridgehead atoms. The number of amides is 2.